The molecule has 1 aromatic heterocycles. The minimum atomic E-state index is -0.509. The summed E-state index contributed by atoms with van der Waals surface area (Å²) < 4.78 is 18.4. The number of carbonyl (C=O) groups is 1. The molecule has 7 heteroatoms. The zero-order chi connectivity index (χ0) is 17.4. The maximum absolute atomic E-state index is 13.1. The summed E-state index contributed by atoms with van der Waals surface area (Å²) in [4.78, 5) is 22.8. The van der Waals surface area contributed by atoms with E-state index in [2.05, 4.69) is 15.3 Å². The summed E-state index contributed by atoms with van der Waals surface area (Å²) in [6.45, 7) is 3.80. The molecule has 0 saturated carbocycles. The van der Waals surface area contributed by atoms with Gasteiger partial charge in [0.2, 0.25) is 11.9 Å². The Morgan fingerprint density at radius 2 is 2.00 bits per heavy atom. The second kappa shape index (κ2) is 6.07. The molecule has 4 rings (SSSR count). The summed E-state index contributed by atoms with van der Waals surface area (Å²) in [5.41, 5.74) is 2.25. The van der Waals surface area contributed by atoms with E-state index in [1.165, 1.54) is 0 Å². The van der Waals surface area contributed by atoms with Crippen molar-refractivity contribution in [1.82, 2.24) is 9.97 Å². The Bertz CT molecular complexity index is 803. The van der Waals surface area contributed by atoms with E-state index in [1.54, 1.807) is 0 Å². The Hall–Kier alpha value is -2.54. The van der Waals surface area contributed by atoms with Gasteiger partial charge >= 0.3 is 0 Å². The molecule has 1 fully saturated rings. The molecule has 1 amide bonds. The van der Waals surface area contributed by atoms with Crippen LogP contribution in [0.4, 0.5) is 21.7 Å². The van der Waals surface area contributed by atoms with Gasteiger partial charge in [-0.05, 0) is 43.5 Å². The van der Waals surface area contributed by atoms with Crippen LogP contribution in [0.3, 0.4) is 0 Å². The molecule has 25 heavy (non-hydrogen) atoms. The highest BCUT2D eigenvalue weighted by atomic mass is 19.1. The average molecular weight is 342 g/mol. The van der Waals surface area contributed by atoms with Crippen LogP contribution in [0.5, 0.6) is 0 Å². The first kappa shape index (κ1) is 16.0. The molecule has 1 saturated heterocycles. The van der Waals surface area contributed by atoms with Crippen molar-refractivity contribution >= 4 is 23.2 Å². The number of rotatable bonds is 3. The molecule has 1 spiro atoms. The second-order valence-electron chi connectivity index (χ2n) is 6.33. The van der Waals surface area contributed by atoms with Gasteiger partial charge in [-0.15, -0.1) is 0 Å². The minimum absolute atomic E-state index is 0.156. The van der Waals surface area contributed by atoms with Gasteiger partial charge in [0.25, 0.3) is 0 Å². The number of benzene rings is 1. The number of halogens is 1. The molecule has 3 heterocycles. The number of fused-ring (bicyclic) bond motifs is 2. The lowest BCUT2D eigenvalue weighted by Gasteiger charge is -2.32. The Kier molecular flexibility index (Phi) is 3.88. The number of amides is 1. The van der Waals surface area contributed by atoms with Crippen LogP contribution in [0.1, 0.15) is 25.3 Å². The van der Waals surface area contributed by atoms with Gasteiger partial charge in [0.15, 0.2) is 5.82 Å². The Balaban J connectivity index is 1.72. The van der Waals surface area contributed by atoms with E-state index < -0.39 is 11.2 Å². The Morgan fingerprint density at radius 3 is 2.68 bits per heavy atom. The number of nitrogens with one attached hydrogen (secondary N) is 1. The van der Waals surface area contributed by atoms with Crippen LogP contribution in [-0.4, -0.2) is 35.6 Å². The van der Waals surface area contributed by atoms with Crippen molar-refractivity contribution in [2.45, 2.75) is 25.2 Å². The lowest BCUT2D eigenvalue weighted by molar-refractivity contribution is -0.126. The quantitative estimate of drug-likeness (QED) is 0.929. The van der Waals surface area contributed by atoms with E-state index in [0.717, 1.165) is 29.3 Å². The largest absolute Gasteiger partial charge is 0.381 e. The number of anilines is 3. The van der Waals surface area contributed by atoms with E-state index in [0.29, 0.717) is 38.5 Å². The molecule has 2 aliphatic heterocycles. The zero-order valence-electron chi connectivity index (χ0n) is 14.0. The molecule has 2 aliphatic rings. The van der Waals surface area contributed by atoms with Crippen LogP contribution in [0.2, 0.25) is 0 Å². The number of hydrogen-bond donors (Lipinski definition) is 1. The lowest BCUT2D eigenvalue weighted by Crippen LogP contribution is -2.44. The van der Waals surface area contributed by atoms with Crippen LogP contribution in [0.15, 0.2) is 30.6 Å². The fourth-order valence-corrected chi connectivity index (χ4v) is 3.74. The Labute approximate surface area is 145 Å². The highest BCUT2D eigenvalue weighted by Crippen LogP contribution is 2.48. The summed E-state index contributed by atoms with van der Waals surface area (Å²) in [5.74, 6) is -0.00706. The molecule has 0 atom stereocenters. The average Bonchev–Trinajstić information content (AvgIpc) is 2.86. The number of carbonyl (C=O) groups excluding carboxylic acids is 1. The summed E-state index contributed by atoms with van der Waals surface area (Å²) in [6, 6.07) is 5.83. The van der Waals surface area contributed by atoms with Gasteiger partial charge < -0.3 is 15.0 Å². The van der Waals surface area contributed by atoms with Gasteiger partial charge in [-0.3, -0.25) is 4.79 Å². The standard InChI is InChI=1S/C18H19FN4O2/c1-2-23-15-4-3-13(22-17-20-10-12(19)11-21-17)9-14(15)18(16(23)24)5-7-25-8-6-18/h3-4,9-11H,2,5-8H2,1H3,(H,20,21,22). The highest BCUT2D eigenvalue weighted by molar-refractivity contribution is 6.08. The van der Waals surface area contributed by atoms with Crippen molar-refractivity contribution in [1.29, 1.82) is 0 Å². The van der Waals surface area contributed by atoms with Crippen LogP contribution in [0, 0.1) is 5.82 Å². The molecule has 2 aromatic rings. The van der Waals surface area contributed by atoms with Crippen molar-refractivity contribution in [3.63, 3.8) is 0 Å². The first-order chi connectivity index (χ1) is 12.1. The van der Waals surface area contributed by atoms with Gasteiger partial charge in [-0.2, -0.15) is 0 Å². The van der Waals surface area contributed by atoms with Gasteiger partial charge in [0.1, 0.15) is 0 Å². The summed E-state index contributed by atoms with van der Waals surface area (Å²) in [6.07, 6.45) is 3.60. The van der Waals surface area contributed by atoms with E-state index in [9.17, 15) is 9.18 Å². The van der Waals surface area contributed by atoms with Crippen LogP contribution in [0.25, 0.3) is 0 Å². The van der Waals surface area contributed by atoms with Crippen LogP contribution < -0.4 is 10.2 Å². The molecule has 0 unspecified atom stereocenters. The molecular weight excluding hydrogens is 323 g/mol. The number of aromatic nitrogens is 2. The minimum Gasteiger partial charge on any atom is -0.381 e. The molecule has 1 N–H and O–H groups in total. The van der Waals surface area contributed by atoms with Crippen molar-refractivity contribution in [2.75, 3.05) is 30.0 Å². The zero-order valence-corrected chi connectivity index (χ0v) is 14.0. The summed E-state index contributed by atoms with van der Waals surface area (Å²) in [5, 5.41) is 3.08. The predicted octanol–water partition coefficient (Wildman–Crippen LogP) is 2.77. The van der Waals surface area contributed by atoms with Gasteiger partial charge in [-0.25, -0.2) is 14.4 Å². The molecule has 6 nitrogen and oxygen atoms in total. The summed E-state index contributed by atoms with van der Waals surface area (Å²) in [7, 11) is 0. The molecule has 0 bridgehead atoms. The van der Waals surface area contributed by atoms with E-state index >= 15 is 0 Å². The van der Waals surface area contributed by atoms with E-state index in [4.69, 9.17) is 4.74 Å². The predicted molar refractivity (Wildman–Crippen MR) is 91.5 cm³/mol. The van der Waals surface area contributed by atoms with Crippen molar-refractivity contribution in [3.8, 4) is 0 Å². The van der Waals surface area contributed by atoms with Gasteiger partial charge in [-0.1, -0.05) is 0 Å². The fourth-order valence-electron chi connectivity index (χ4n) is 3.74. The summed E-state index contributed by atoms with van der Waals surface area (Å²) >= 11 is 0. The molecule has 1 aromatic carbocycles. The monoisotopic (exact) mass is 342 g/mol. The maximum Gasteiger partial charge on any atom is 0.237 e. The third-order valence-corrected chi connectivity index (χ3v) is 5.00. The number of ether oxygens (including phenoxy) is 1. The van der Waals surface area contributed by atoms with E-state index in [1.807, 2.05) is 30.0 Å². The topological polar surface area (TPSA) is 67.3 Å². The lowest BCUT2D eigenvalue weighted by atomic mass is 9.75. The second-order valence-corrected chi connectivity index (χ2v) is 6.33. The third kappa shape index (κ3) is 2.55. The highest BCUT2D eigenvalue weighted by Gasteiger charge is 2.51. The van der Waals surface area contributed by atoms with Crippen molar-refractivity contribution in [2.24, 2.45) is 0 Å². The molecule has 0 radical (unpaired) electrons. The molecule has 0 aliphatic carbocycles. The fraction of sp³-hybridized carbons (Fsp3) is 0.389. The smallest absolute Gasteiger partial charge is 0.237 e. The van der Waals surface area contributed by atoms with Crippen molar-refractivity contribution in [3.05, 3.63) is 42.0 Å². The first-order valence-electron chi connectivity index (χ1n) is 8.43. The van der Waals surface area contributed by atoms with E-state index in [-0.39, 0.29) is 5.91 Å². The van der Waals surface area contributed by atoms with Gasteiger partial charge in [0.05, 0.1) is 17.8 Å². The third-order valence-electron chi connectivity index (χ3n) is 5.00. The molecule has 130 valence electrons. The number of likely N-dealkylation sites (N-methyl/N-ethyl adjacent to an activating group) is 1. The van der Waals surface area contributed by atoms with Crippen LogP contribution in [-0.2, 0) is 14.9 Å². The normalized spacial score (nSPS) is 18.5. The Morgan fingerprint density at radius 1 is 1.28 bits per heavy atom. The first-order valence-corrected chi connectivity index (χ1v) is 8.43. The van der Waals surface area contributed by atoms with Crippen LogP contribution >= 0.6 is 0 Å². The maximum atomic E-state index is 13.1. The van der Waals surface area contributed by atoms with Crippen molar-refractivity contribution < 1.29 is 13.9 Å². The number of hydrogen-bond acceptors (Lipinski definition) is 5. The SMILES string of the molecule is CCN1C(=O)C2(CCOCC2)c2cc(Nc3ncc(F)cn3)ccc21. The number of nitrogens with zero attached hydrogens (tertiary/aromatic N) is 3. The van der Waals surface area contributed by atoms with Gasteiger partial charge in [0, 0.05) is 31.1 Å². The molecular formula is C18H19FN4O2.